The minimum Gasteiger partial charge on any atom is -0.408 e. The Morgan fingerprint density at radius 3 is 2.53 bits per heavy atom. The van der Waals surface area contributed by atoms with E-state index in [1.165, 1.54) is 73.6 Å². The molecule has 0 bridgehead atoms. The van der Waals surface area contributed by atoms with Crippen LogP contribution in [0, 0.1) is 0 Å². The van der Waals surface area contributed by atoms with Gasteiger partial charge >= 0.3 is 6.98 Å². The van der Waals surface area contributed by atoms with Gasteiger partial charge in [-0.25, -0.2) is 0 Å². The molecule has 3 aromatic rings. The Balaban J connectivity index is 1.37. The van der Waals surface area contributed by atoms with Crippen molar-refractivity contribution in [2.45, 2.75) is 64.4 Å². The quantitative estimate of drug-likeness (QED) is 0.321. The van der Waals surface area contributed by atoms with E-state index < -0.39 is 0 Å². The molecule has 5 rings (SSSR count). The van der Waals surface area contributed by atoms with Gasteiger partial charge in [-0.3, -0.25) is 4.90 Å². The van der Waals surface area contributed by atoms with Crippen molar-refractivity contribution >= 4 is 40.5 Å². The zero-order valence-electron chi connectivity index (χ0n) is 18.0. The Morgan fingerprint density at radius 2 is 1.77 bits per heavy atom. The molecule has 1 aromatic heterocycles. The fraction of sp³-hybridized carbons (Fsp3) is 0.440. The van der Waals surface area contributed by atoms with Crippen molar-refractivity contribution in [3.8, 4) is 0 Å². The Morgan fingerprint density at radius 1 is 1.00 bits per heavy atom. The Bertz CT molecular complexity index is 960. The van der Waals surface area contributed by atoms with Gasteiger partial charge < -0.3 is 10.5 Å². The number of unbranched alkanes of at least 4 members (excludes halogenated alkanes) is 4. The molecule has 0 radical (unpaired) electrons. The molecule has 0 fully saturated rings. The van der Waals surface area contributed by atoms with Crippen molar-refractivity contribution in [2.75, 3.05) is 17.0 Å². The van der Waals surface area contributed by atoms with E-state index in [1.54, 1.807) is 10.4 Å². The van der Waals surface area contributed by atoms with Crippen molar-refractivity contribution in [3.63, 3.8) is 0 Å². The molecule has 3 heterocycles. The van der Waals surface area contributed by atoms with Crippen molar-refractivity contribution in [2.24, 2.45) is 0 Å². The smallest absolute Gasteiger partial charge is 0.388 e. The third-order valence-electron chi connectivity index (χ3n) is 6.82. The summed E-state index contributed by atoms with van der Waals surface area (Å²) in [7, 11) is 0. The van der Waals surface area contributed by atoms with Crippen LogP contribution in [0.4, 0.5) is 11.4 Å². The van der Waals surface area contributed by atoms with Gasteiger partial charge in [0.25, 0.3) is 0 Å². The summed E-state index contributed by atoms with van der Waals surface area (Å²) in [6.07, 6.45) is 9.13. The van der Waals surface area contributed by atoms with Crippen molar-refractivity contribution in [1.82, 2.24) is 4.90 Å². The maximum absolute atomic E-state index is 3.88. The molecule has 0 spiro atoms. The third-order valence-corrected chi connectivity index (χ3v) is 7.84. The number of anilines is 2. The zero-order valence-corrected chi connectivity index (χ0v) is 18.8. The van der Waals surface area contributed by atoms with Gasteiger partial charge in [-0.15, -0.1) is 11.3 Å². The first kappa shape index (κ1) is 20.0. The lowest BCUT2D eigenvalue weighted by atomic mass is 9.62. The number of benzene rings is 2. The second-order valence-electron chi connectivity index (χ2n) is 8.84. The highest BCUT2D eigenvalue weighted by molar-refractivity contribution is 7.10. The second-order valence-corrected chi connectivity index (χ2v) is 9.84. The standard InChI is InChI=1S/C25H32BN3S/c1-2-3-4-5-6-13-24(29-16-14-23-20(18-29)15-17-30-23)26-27-21-11-7-9-19-10-8-12-22(28-26)25(19)21/h7-12,15,17,24,27-28H,2-6,13-14,16,18H2,1H3/t24-/m0/s1. The maximum atomic E-state index is 3.88. The van der Waals surface area contributed by atoms with Crippen LogP contribution in [0.25, 0.3) is 10.8 Å². The highest BCUT2D eigenvalue weighted by atomic mass is 32.1. The number of rotatable bonds is 8. The van der Waals surface area contributed by atoms with Gasteiger partial charge in [0, 0.05) is 40.7 Å². The number of fused-ring (bicyclic) bond motifs is 1. The van der Waals surface area contributed by atoms with E-state index in [1.807, 2.05) is 11.3 Å². The van der Waals surface area contributed by atoms with Gasteiger partial charge in [-0.1, -0.05) is 63.3 Å². The summed E-state index contributed by atoms with van der Waals surface area (Å²) in [5, 5.41) is 12.7. The van der Waals surface area contributed by atoms with Crippen LogP contribution in [0.1, 0.15) is 55.9 Å². The molecule has 2 N–H and O–H groups in total. The van der Waals surface area contributed by atoms with E-state index in [2.05, 4.69) is 70.1 Å². The van der Waals surface area contributed by atoms with Crippen LogP contribution in [0.3, 0.4) is 0 Å². The Hall–Kier alpha value is -1.98. The van der Waals surface area contributed by atoms with Crippen molar-refractivity contribution in [1.29, 1.82) is 0 Å². The number of hydrogen-bond acceptors (Lipinski definition) is 4. The molecule has 0 unspecified atom stereocenters. The molecule has 30 heavy (non-hydrogen) atoms. The minimum absolute atomic E-state index is 0.247. The van der Waals surface area contributed by atoms with E-state index in [-0.39, 0.29) is 6.98 Å². The molecular weight excluding hydrogens is 385 g/mol. The molecule has 5 heteroatoms. The minimum atomic E-state index is 0.247. The summed E-state index contributed by atoms with van der Waals surface area (Å²) >= 11 is 1.93. The lowest BCUT2D eigenvalue weighted by Crippen LogP contribution is -2.56. The van der Waals surface area contributed by atoms with E-state index in [9.17, 15) is 0 Å². The van der Waals surface area contributed by atoms with Crippen LogP contribution in [0.15, 0.2) is 47.8 Å². The highest BCUT2D eigenvalue weighted by Gasteiger charge is 2.36. The lowest BCUT2D eigenvalue weighted by Gasteiger charge is -2.40. The topological polar surface area (TPSA) is 27.3 Å². The first-order chi connectivity index (χ1) is 14.8. The predicted octanol–water partition coefficient (Wildman–Crippen LogP) is 6.55. The van der Waals surface area contributed by atoms with Crippen LogP contribution >= 0.6 is 11.3 Å². The van der Waals surface area contributed by atoms with E-state index in [4.69, 9.17) is 0 Å². The normalized spacial score (nSPS) is 16.8. The van der Waals surface area contributed by atoms with E-state index in [0.29, 0.717) is 5.94 Å². The Labute approximate surface area is 185 Å². The number of thiophene rings is 1. The van der Waals surface area contributed by atoms with Gasteiger partial charge in [0.1, 0.15) is 0 Å². The number of nitrogens with zero attached hydrogens (tertiary/aromatic N) is 1. The fourth-order valence-corrected chi connectivity index (χ4v) is 6.11. The van der Waals surface area contributed by atoms with Gasteiger partial charge in [0.05, 0.1) is 0 Å². The average molecular weight is 417 g/mol. The monoisotopic (exact) mass is 417 g/mol. The molecule has 2 aromatic carbocycles. The van der Waals surface area contributed by atoms with Crippen molar-refractivity contribution in [3.05, 3.63) is 58.3 Å². The summed E-state index contributed by atoms with van der Waals surface area (Å²) in [5.41, 5.74) is 4.09. The molecule has 0 saturated heterocycles. The molecule has 2 aliphatic rings. The average Bonchev–Trinajstić information content (AvgIpc) is 3.24. The van der Waals surface area contributed by atoms with E-state index >= 15 is 0 Å². The molecule has 0 saturated carbocycles. The van der Waals surface area contributed by atoms with Crippen molar-refractivity contribution < 1.29 is 0 Å². The lowest BCUT2D eigenvalue weighted by molar-refractivity contribution is 0.217. The molecular formula is C25H32BN3S. The van der Waals surface area contributed by atoms with Gasteiger partial charge in [0.15, 0.2) is 0 Å². The van der Waals surface area contributed by atoms with Crippen LogP contribution in [0.5, 0.6) is 0 Å². The highest BCUT2D eigenvalue weighted by Crippen LogP contribution is 2.36. The van der Waals surface area contributed by atoms with Gasteiger partial charge in [-0.2, -0.15) is 0 Å². The predicted molar refractivity (Wildman–Crippen MR) is 133 cm³/mol. The summed E-state index contributed by atoms with van der Waals surface area (Å²) in [6.45, 7) is 4.79. The summed E-state index contributed by atoms with van der Waals surface area (Å²) in [6, 6.07) is 15.6. The molecule has 0 amide bonds. The van der Waals surface area contributed by atoms with Crippen LogP contribution < -0.4 is 10.5 Å². The SMILES string of the molecule is CCCCCCC[C@@H](B1Nc2cccc3cccc(c23)N1)N1CCc2sccc2C1. The largest absolute Gasteiger partial charge is 0.408 e. The summed E-state index contributed by atoms with van der Waals surface area (Å²) < 4.78 is 0. The maximum Gasteiger partial charge on any atom is 0.388 e. The Kier molecular flexibility index (Phi) is 6.01. The third kappa shape index (κ3) is 3.98. The molecule has 1 atom stereocenters. The fourth-order valence-electron chi connectivity index (χ4n) is 5.22. The van der Waals surface area contributed by atoms with Crippen LogP contribution in [-0.4, -0.2) is 24.4 Å². The summed E-state index contributed by atoms with van der Waals surface area (Å²) in [4.78, 5) is 4.32. The second kappa shape index (κ2) is 9.03. The van der Waals surface area contributed by atoms with Gasteiger partial charge in [0.2, 0.25) is 0 Å². The van der Waals surface area contributed by atoms with E-state index in [0.717, 1.165) is 6.54 Å². The van der Waals surface area contributed by atoms with Crippen LogP contribution in [-0.2, 0) is 13.0 Å². The number of hydrogen-bond donors (Lipinski definition) is 2. The first-order valence-electron chi connectivity index (χ1n) is 11.7. The molecule has 156 valence electrons. The molecule has 3 nitrogen and oxygen atoms in total. The molecule has 2 aliphatic heterocycles. The van der Waals surface area contributed by atoms with Gasteiger partial charge in [-0.05, 0) is 47.4 Å². The summed E-state index contributed by atoms with van der Waals surface area (Å²) in [5.74, 6) is 0.489. The molecule has 0 aliphatic carbocycles. The number of nitrogens with one attached hydrogen (secondary N) is 2. The zero-order chi connectivity index (χ0) is 20.3. The first-order valence-corrected chi connectivity index (χ1v) is 12.6. The van der Waals surface area contributed by atoms with Crippen LogP contribution in [0.2, 0.25) is 0 Å².